The normalized spacial score (nSPS) is 12.9. The highest BCUT2D eigenvalue weighted by Crippen LogP contribution is 2.32. The number of alkyl halides is 3. The molecule has 1 N–H and O–H groups in total. The summed E-state index contributed by atoms with van der Waals surface area (Å²) in [7, 11) is 0. The molecule has 0 saturated carbocycles. The zero-order chi connectivity index (χ0) is 36.7. The molecule has 1 aromatic heterocycles. The molecule has 2 atom stereocenters. The minimum Gasteiger partial charge on any atom is -0.494 e. The number of nitrogens with one attached hydrogen (secondary N) is 1. The smallest absolute Gasteiger partial charge is 0.419 e. The molecule has 3 aromatic carbocycles. The van der Waals surface area contributed by atoms with Crippen LogP contribution in [-0.2, 0) is 17.4 Å². The standard InChI is InChI=1S/C37H43F4N5O4/c1-7-19-42-36(49)45(23(3)4)24(5)22-44(33(47)21-26-13-18-31(38)30(20-26)37(39,40)41)25(6)34-43-32-12-10-9-11-29(32)35(48)46(34)27-14-16-28(17-15-27)50-8-2/h9-18,20,23-25H,7-8,19,21-22H2,1-6H3,(H,42,49). The number of amides is 3. The summed E-state index contributed by atoms with van der Waals surface area (Å²) in [5.74, 6) is -1.27. The van der Waals surface area contributed by atoms with Crippen molar-refractivity contribution in [3.63, 3.8) is 0 Å². The fourth-order valence-electron chi connectivity index (χ4n) is 5.97. The van der Waals surface area contributed by atoms with Crippen molar-refractivity contribution in [1.82, 2.24) is 24.7 Å². The lowest BCUT2D eigenvalue weighted by molar-refractivity contribution is -0.140. The van der Waals surface area contributed by atoms with Gasteiger partial charge in [0.15, 0.2) is 0 Å². The molecular formula is C37H43F4N5O4. The zero-order valence-electron chi connectivity index (χ0n) is 29.1. The highest BCUT2D eigenvalue weighted by molar-refractivity contribution is 5.81. The van der Waals surface area contributed by atoms with Gasteiger partial charge in [-0.05, 0) is 95.1 Å². The number of urea groups is 1. The Hall–Kier alpha value is -4.94. The second-order valence-electron chi connectivity index (χ2n) is 12.3. The van der Waals surface area contributed by atoms with Gasteiger partial charge in [-0.25, -0.2) is 14.2 Å². The van der Waals surface area contributed by atoms with Crippen molar-refractivity contribution in [2.75, 3.05) is 19.7 Å². The van der Waals surface area contributed by atoms with Crippen LogP contribution in [0.3, 0.4) is 0 Å². The van der Waals surface area contributed by atoms with E-state index in [0.717, 1.165) is 6.07 Å². The number of aromatic nitrogens is 2. The maximum Gasteiger partial charge on any atom is 0.419 e. The Bertz CT molecular complexity index is 1860. The van der Waals surface area contributed by atoms with E-state index in [4.69, 9.17) is 9.72 Å². The molecule has 9 nitrogen and oxygen atoms in total. The van der Waals surface area contributed by atoms with Gasteiger partial charge in [-0.2, -0.15) is 13.2 Å². The summed E-state index contributed by atoms with van der Waals surface area (Å²) in [6, 6.07) is 13.9. The number of para-hydroxylation sites is 1. The van der Waals surface area contributed by atoms with Crippen LogP contribution < -0.4 is 15.6 Å². The van der Waals surface area contributed by atoms with Crippen LogP contribution in [-0.4, -0.2) is 63.1 Å². The van der Waals surface area contributed by atoms with E-state index in [-0.39, 0.29) is 30.0 Å². The van der Waals surface area contributed by atoms with Crippen molar-refractivity contribution in [3.05, 3.63) is 99.9 Å². The maximum absolute atomic E-state index is 14.3. The van der Waals surface area contributed by atoms with Crippen LogP contribution in [0.4, 0.5) is 22.4 Å². The molecule has 50 heavy (non-hydrogen) atoms. The molecule has 13 heteroatoms. The fraction of sp³-hybridized carbons (Fsp3) is 0.405. The van der Waals surface area contributed by atoms with E-state index in [9.17, 15) is 31.9 Å². The molecule has 0 saturated heterocycles. The van der Waals surface area contributed by atoms with Gasteiger partial charge in [0.05, 0.1) is 41.2 Å². The lowest BCUT2D eigenvalue weighted by Crippen LogP contribution is -2.54. The summed E-state index contributed by atoms with van der Waals surface area (Å²) < 4.78 is 61.9. The Morgan fingerprint density at radius 2 is 1.66 bits per heavy atom. The molecule has 0 radical (unpaired) electrons. The second-order valence-corrected chi connectivity index (χ2v) is 12.3. The quantitative estimate of drug-likeness (QED) is 0.148. The highest BCUT2D eigenvalue weighted by atomic mass is 19.4. The Morgan fingerprint density at radius 3 is 2.28 bits per heavy atom. The number of halogens is 4. The van der Waals surface area contributed by atoms with Crippen LogP contribution in [0, 0.1) is 5.82 Å². The predicted molar refractivity (Wildman–Crippen MR) is 184 cm³/mol. The molecule has 0 aliphatic rings. The maximum atomic E-state index is 14.3. The van der Waals surface area contributed by atoms with Crippen molar-refractivity contribution < 1.29 is 31.9 Å². The highest BCUT2D eigenvalue weighted by Gasteiger charge is 2.35. The average Bonchev–Trinajstić information content (AvgIpc) is 3.06. The SMILES string of the molecule is CCCNC(=O)N(C(C)C)C(C)CN(C(=O)Cc1ccc(F)c(C(F)(F)F)c1)C(C)c1nc2ccccc2c(=O)n1-c1ccc(OCC)cc1. The van der Waals surface area contributed by atoms with Gasteiger partial charge in [0.2, 0.25) is 5.91 Å². The Labute approximate surface area is 288 Å². The summed E-state index contributed by atoms with van der Waals surface area (Å²) in [6.07, 6.45) is -4.76. The lowest BCUT2D eigenvalue weighted by Gasteiger charge is -2.38. The number of rotatable bonds is 13. The van der Waals surface area contributed by atoms with E-state index < -0.39 is 47.5 Å². The third-order valence-electron chi connectivity index (χ3n) is 8.31. The molecule has 2 unspecified atom stereocenters. The van der Waals surface area contributed by atoms with Crippen LogP contribution >= 0.6 is 0 Å². The van der Waals surface area contributed by atoms with Crippen LogP contribution in [0.2, 0.25) is 0 Å². The van der Waals surface area contributed by atoms with Gasteiger partial charge in [-0.3, -0.25) is 14.2 Å². The van der Waals surface area contributed by atoms with Crippen molar-refractivity contribution in [3.8, 4) is 11.4 Å². The Kier molecular flexibility index (Phi) is 12.3. The minimum absolute atomic E-state index is 0.0506. The van der Waals surface area contributed by atoms with Crippen LogP contribution in [0.1, 0.15) is 71.0 Å². The largest absolute Gasteiger partial charge is 0.494 e. The summed E-state index contributed by atoms with van der Waals surface area (Å²) >= 11 is 0. The first-order valence-electron chi connectivity index (χ1n) is 16.6. The molecule has 3 amide bonds. The molecule has 1 heterocycles. The first kappa shape index (κ1) is 37.9. The van der Waals surface area contributed by atoms with Gasteiger partial charge in [-0.15, -0.1) is 0 Å². The summed E-state index contributed by atoms with van der Waals surface area (Å²) in [4.78, 5) is 49.4. The number of ether oxygens (including phenoxy) is 1. The van der Waals surface area contributed by atoms with Crippen LogP contribution in [0.15, 0.2) is 71.5 Å². The first-order valence-corrected chi connectivity index (χ1v) is 16.6. The number of carbonyl (C=O) groups is 2. The van der Waals surface area contributed by atoms with E-state index in [2.05, 4.69) is 5.32 Å². The lowest BCUT2D eigenvalue weighted by atomic mass is 10.0. The van der Waals surface area contributed by atoms with Gasteiger partial charge < -0.3 is 19.9 Å². The van der Waals surface area contributed by atoms with Crippen molar-refractivity contribution in [2.45, 2.75) is 78.7 Å². The van der Waals surface area contributed by atoms with E-state index >= 15 is 0 Å². The van der Waals surface area contributed by atoms with E-state index in [1.54, 1.807) is 67.3 Å². The van der Waals surface area contributed by atoms with E-state index in [0.29, 0.717) is 54.0 Å². The number of fused-ring (bicyclic) bond motifs is 1. The molecular weight excluding hydrogens is 654 g/mol. The summed E-state index contributed by atoms with van der Waals surface area (Å²) in [5, 5.41) is 3.21. The Morgan fingerprint density at radius 1 is 0.980 bits per heavy atom. The molecule has 0 aliphatic heterocycles. The van der Waals surface area contributed by atoms with Crippen molar-refractivity contribution in [1.29, 1.82) is 0 Å². The number of hydrogen-bond acceptors (Lipinski definition) is 5. The van der Waals surface area contributed by atoms with Gasteiger partial charge in [-0.1, -0.05) is 25.1 Å². The van der Waals surface area contributed by atoms with Crippen LogP contribution in [0.25, 0.3) is 16.6 Å². The molecule has 0 bridgehead atoms. The number of hydrogen-bond donors (Lipinski definition) is 1. The molecule has 4 rings (SSSR count). The molecule has 0 fully saturated rings. The van der Waals surface area contributed by atoms with Gasteiger partial charge in [0.1, 0.15) is 17.4 Å². The molecule has 0 spiro atoms. The Balaban J connectivity index is 1.86. The monoisotopic (exact) mass is 697 g/mol. The first-order chi connectivity index (χ1) is 23.7. The second kappa shape index (κ2) is 16.2. The van der Waals surface area contributed by atoms with Crippen LogP contribution in [0.5, 0.6) is 5.75 Å². The van der Waals surface area contributed by atoms with Gasteiger partial charge >= 0.3 is 12.2 Å². The summed E-state index contributed by atoms with van der Waals surface area (Å²) in [6.45, 7) is 11.7. The number of nitrogens with zero attached hydrogens (tertiary/aromatic N) is 4. The summed E-state index contributed by atoms with van der Waals surface area (Å²) in [5.41, 5.74) is -1.08. The topological polar surface area (TPSA) is 96.8 Å². The van der Waals surface area contributed by atoms with Crippen molar-refractivity contribution in [2.24, 2.45) is 0 Å². The minimum atomic E-state index is -4.96. The average molecular weight is 698 g/mol. The molecule has 4 aromatic rings. The fourth-order valence-corrected chi connectivity index (χ4v) is 5.97. The third-order valence-corrected chi connectivity index (χ3v) is 8.31. The van der Waals surface area contributed by atoms with Gasteiger partial charge in [0, 0.05) is 25.2 Å². The molecule has 268 valence electrons. The predicted octanol–water partition coefficient (Wildman–Crippen LogP) is 7.29. The zero-order valence-corrected chi connectivity index (χ0v) is 29.1. The van der Waals surface area contributed by atoms with E-state index in [1.165, 1.54) is 9.47 Å². The number of benzene rings is 3. The van der Waals surface area contributed by atoms with Gasteiger partial charge in [0.25, 0.3) is 5.56 Å². The third kappa shape index (κ3) is 8.61. The van der Waals surface area contributed by atoms with E-state index in [1.807, 2.05) is 27.7 Å². The van der Waals surface area contributed by atoms with Crippen molar-refractivity contribution >= 4 is 22.8 Å². The number of carbonyl (C=O) groups excluding carboxylic acids is 2. The molecule has 0 aliphatic carbocycles.